The summed E-state index contributed by atoms with van der Waals surface area (Å²) in [5, 5.41) is 10.6. The quantitative estimate of drug-likeness (QED) is 0.815. The Labute approximate surface area is 118 Å². The van der Waals surface area contributed by atoms with Crippen LogP contribution in [0, 0.1) is 0 Å². The second-order valence-corrected chi connectivity index (χ2v) is 4.80. The maximum absolute atomic E-state index is 11.6. The number of ether oxygens (including phenoxy) is 1. The van der Waals surface area contributed by atoms with Gasteiger partial charge in [-0.3, -0.25) is 4.79 Å². The number of nitrogens with one attached hydrogen (secondary N) is 1. The fourth-order valence-corrected chi connectivity index (χ4v) is 1.78. The third kappa shape index (κ3) is 4.76. The molecule has 0 bridgehead atoms. The molecule has 1 aromatic rings. The summed E-state index contributed by atoms with van der Waals surface area (Å²) in [6.45, 7) is 5.82. The van der Waals surface area contributed by atoms with E-state index >= 15 is 0 Å². The summed E-state index contributed by atoms with van der Waals surface area (Å²) in [4.78, 5) is 21.0. The molecule has 5 heteroatoms. The molecule has 0 aliphatic carbocycles. The normalized spacial score (nSPS) is 15.6. The molecule has 1 heterocycles. The van der Waals surface area contributed by atoms with Gasteiger partial charge in [0.05, 0.1) is 12.1 Å². The number of hydrogen-bond donors (Lipinski definition) is 2. The number of amides is 1. The number of hydrogen-bond acceptors (Lipinski definition) is 3. The highest BCUT2D eigenvalue weighted by atomic mass is 16.7. The van der Waals surface area contributed by atoms with Crippen molar-refractivity contribution in [3.05, 3.63) is 42.0 Å². The molecular weight excluding hydrogens is 258 g/mol. The van der Waals surface area contributed by atoms with Crippen LogP contribution >= 0.6 is 0 Å². The molecular formula is C15H19NO4. The summed E-state index contributed by atoms with van der Waals surface area (Å²) in [7, 11) is 0. The summed E-state index contributed by atoms with van der Waals surface area (Å²) in [6, 6.07) is 9.73. The predicted octanol–water partition coefficient (Wildman–Crippen LogP) is 2.68. The first-order chi connectivity index (χ1) is 9.35. The Hall–Kier alpha value is -2.30. The lowest BCUT2D eigenvalue weighted by atomic mass is 10.0. The van der Waals surface area contributed by atoms with Crippen LogP contribution in [-0.4, -0.2) is 29.3 Å². The molecule has 0 saturated carbocycles. The molecule has 0 radical (unpaired) electrons. The van der Waals surface area contributed by atoms with E-state index in [2.05, 4.69) is 10.1 Å². The average Bonchev–Trinajstić information content (AvgIpc) is 2.64. The molecule has 0 atom stereocenters. The average molecular weight is 277 g/mol. The standard InChI is InChI=1S/C12H13NO.C3H6O3/c1-12(2)8-10(11(14)13-12)9-6-4-3-5-7-9;1-2-6-3(4)5/h3-8H,1-2H3,(H,13,14);2H2,1H3,(H,4,5). The van der Waals surface area contributed by atoms with Crippen LogP contribution in [0.3, 0.4) is 0 Å². The van der Waals surface area contributed by atoms with Gasteiger partial charge in [-0.2, -0.15) is 0 Å². The largest absolute Gasteiger partial charge is 0.505 e. The van der Waals surface area contributed by atoms with E-state index in [1.54, 1.807) is 6.92 Å². The SMILES string of the molecule is CC1(C)C=C(c2ccccc2)C(=O)N1.CCOC(=O)O. The Balaban J connectivity index is 0.000000286. The molecule has 0 fully saturated rings. The number of carbonyl (C=O) groups is 2. The van der Waals surface area contributed by atoms with E-state index in [9.17, 15) is 9.59 Å². The van der Waals surface area contributed by atoms with Gasteiger partial charge < -0.3 is 15.2 Å². The third-order valence-corrected chi connectivity index (χ3v) is 2.54. The minimum absolute atomic E-state index is 0.0150. The first-order valence-electron chi connectivity index (χ1n) is 6.32. The molecule has 1 aliphatic rings. The van der Waals surface area contributed by atoms with Crippen molar-refractivity contribution in [3.63, 3.8) is 0 Å². The lowest BCUT2D eigenvalue weighted by Crippen LogP contribution is -2.35. The van der Waals surface area contributed by atoms with Gasteiger partial charge in [0, 0.05) is 5.57 Å². The molecule has 0 unspecified atom stereocenters. The minimum Gasteiger partial charge on any atom is -0.450 e. The van der Waals surface area contributed by atoms with Crippen LogP contribution in [0.5, 0.6) is 0 Å². The van der Waals surface area contributed by atoms with Crippen LogP contribution < -0.4 is 5.32 Å². The van der Waals surface area contributed by atoms with E-state index in [-0.39, 0.29) is 18.1 Å². The highest BCUT2D eigenvalue weighted by Crippen LogP contribution is 2.24. The fraction of sp³-hybridized carbons (Fsp3) is 0.333. The maximum atomic E-state index is 11.6. The Morgan fingerprint density at radius 3 is 2.25 bits per heavy atom. The highest BCUT2D eigenvalue weighted by molar-refractivity contribution is 6.22. The first-order valence-corrected chi connectivity index (χ1v) is 6.32. The molecule has 5 nitrogen and oxygen atoms in total. The van der Waals surface area contributed by atoms with Crippen molar-refractivity contribution < 1.29 is 19.4 Å². The first kappa shape index (κ1) is 15.8. The molecule has 20 heavy (non-hydrogen) atoms. The van der Waals surface area contributed by atoms with Gasteiger partial charge in [-0.15, -0.1) is 0 Å². The monoisotopic (exact) mass is 277 g/mol. The van der Waals surface area contributed by atoms with Crippen molar-refractivity contribution >= 4 is 17.6 Å². The molecule has 1 aliphatic heterocycles. The van der Waals surface area contributed by atoms with Crippen molar-refractivity contribution in [2.24, 2.45) is 0 Å². The van der Waals surface area contributed by atoms with Gasteiger partial charge in [0.1, 0.15) is 0 Å². The van der Waals surface area contributed by atoms with Crippen molar-refractivity contribution in [2.75, 3.05) is 6.61 Å². The van der Waals surface area contributed by atoms with Gasteiger partial charge >= 0.3 is 6.16 Å². The van der Waals surface area contributed by atoms with E-state index in [0.717, 1.165) is 11.1 Å². The second kappa shape index (κ2) is 6.75. The number of rotatable bonds is 2. The summed E-state index contributed by atoms with van der Waals surface area (Å²) < 4.78 is 3.96. The molecule has 1 amide bonds. The third-order valence-electron chi connectivity index (χ3n) is 2.54. The van der Waals surface area contributed by atoms with Crippen LogP contribution in [0.1, 0.15) is 26.3 Å². The zero-order valence-corrected chi connectivity index (χ0v) is 11.8. The fourth-order valence-electron chi connectivity index (χ4n) is 1.78. The van der Waals surface area contributed by atoms with Gasteiger partial charge in [0.2, 0.25) is 0 Å². The van der Waals surface area contributed by atoms with E-state index < -0.39 is 6.16 Å². The van der Waals surface area contributed by atoms with E-state index in [1.165, 1.54) is 0 Å². The molecule has 108 valence electrons. The maximum Gasteiger partial charge on any atom is 0.505 e. The zero-order valence-electron chi connectivity index (χ0n) is 11.8. The molecule has 0 saturated heterocycles. The molecule has 2 rings (SSSR count). The Morgan fingerprint density at radius 1 is 1.30 bits per heavy atom. The minimum atomic E-state index is -1.21. The smallest absolute Gasteiger partial charge is 0.450 e. The van der Waals surface area contributed by atoms with Crippen LogP contribution in [-0.2, 0) is 9.53 Å². The summed E-state index contributed by atoms with van der Waals surface area (Å²) >= 11 is 0. The van der Waals surface area contributed by atoms with Gasteiger partial charge in [0.15, 0.2) is 0 Å². The predicted molar refractivity (Wildman–Crippen MR) is 76.3 cm³/mol. The summed E-state index contributed by atoms with van der Waals surface area (Å²) in [5.41, 5.74) is 1.54. The van der Waals surface area contributed by atoms with Gasteiger partial charge in [-0.1, -0.05) is 30.3 Å². The van der Waals surface area contributed by atoms with Crippen molar-refractivity contribution in [2.45, 2.75) is 26.3 Å². The van der Waals surface area contributed by atoms with Gasteiger partial charge in [-0.25, -0.2) is 4.79 Å². The number of benzene rings is 1. The number of carboxylic acid groups (broad SMARTS) is 1. The molecule has 0 spiro atoms. The van der Waals surface area contributed by atoms with E-state index in [4.69, 9.17) is 5.11 Å². The molecule has 1 aromatic carbocycles. The van der Waals surface area contributed by atoms with Gasteiger partial charge in [0.25, 0.3) is 5.91 Å². The van der Waals surface area contributed by atoms with Gasteiger partial charge in [-0.05, 0) is 32.4 Å². The van der Waals surface area contributed by atoms with Crippen molar-refractivity contribution in [1.82, 2.24) is 5.32 Å². The van der Waals surface area contributed by atoms with Crippen molar-refractivity contribution in [1.29, 1.82) is 0 Å². The van der Waals surface area contributed by atoms with Crippen LogP contribution in [0.4, 0.5) is 4.79 Å². The lowest BCUT2D eigenvalue weighted by molar-refractivity contribution is -0.115. The summed E-state index contributed by atoms with van der Waals surface area (Å²) in [6.07, 6.45) is 0.766. The van der Waals surface area contributed by atoms with Crippen molar-refractivity contribution in [3.8, 4) is 0 Å². The topological polar surface area (TPSA) is 75.6 Å². The zero-order chi connectivity index (χ0) is 15.2. The molecule has 0 aromatic heterocycles. The highest BCUT2D eigenvalue weighted by Gasteiger charge is 2.29. The Bertz CT molecular complexity index is 506. The summed E-state index contributed by atoms with van der Waals surface area (Å²) in [5.74, 6) is 0.0150. The molecule has 2 N–H and O–H groups in total. The van der Waals surface area contributed by atoms with E-state index in [0.29, 0.717) is 0 Å². The van der Waals surface area contributed by atoms with Crippen LogP contribution in [0.15, 0.2) is 36.4 Å². The number of carbonyl (C=O) groups excluding carboxylic acids is 1. The van der Waals surface area contributed by atoms with E-state index in [1.807, 2.05) is 50.3 Å². The Kier molecular flexibility index (Phi) is 5.32. The lowest BCUT2D eigenvalue weighted by Gasteiger charge is -2.13. The van der Waals surface area contributed by atoms with Crippen LogP contribution in [0.2, 0.25) is 0 Å². The van der Waals surface area contributed by atoms with Crippen LogP contribution in [0.25, 0.3) is 5.57 Å². The second-order valence-electron chi connectivity index (χ2n) is 4.80. The Morgan fingerprint density at radius 2 is 1.90 bits per heavy atom.